The van der Waals surface area contributed by atoms with E-state index in [0.29, 0.717) is 6.42 Å². The lowest BCUT2D eigenvalue weighted by Crippen LogP contribution is -2.16. The Morgan fingerprint density at radius 2 is 2.09 bits per heavy atom. The Labute approximate surface area is 135 Å². The lowest BCUT2D eigenvalue weighted by Gasteiger charge is -2.17. The maximum absolute atomic E-state index is 6.53. The summed E-state index contributed by atoms with van der Waals surface area (Å²) in [6.45, 7) is 2.13. The number of anilines is 1. The largest absolute Gasteiger partial charge is 0.362 e. The molecule has 2 heterocycles. The Morgan fingerprint density at radius 1 is 1.27 bits per heavy atom. The van der Waals surface area contributed by atoms with E-state index in [1.165, 1.54) is 5.57 Å². The van der Waals surface area contributed by atoms with Crippen molar-refractivity contribution in [1.29, 1.82) is 0 Å². The highest BCUT2D eigenvalue weighted by atomic mass is 35.5. The molecule has 0 atom stereocenters. The monoisotopic (exact) mass is 314 g/mol. The first-order valence-electron chi connectivity index (χ1n) is 7.44. The van der Waals surface area contributed by atoms with Gasteiger partial charge in [0.1, 0.15) is 11.6 Å². The fraction of sp³-hybridized carbons (Fsp3) is 0.353. The molecule has 114 valence electrons. The highest BCUT2D eigenvalue weighted by molar-refractivity contribution is 6.50. The second-order valence-electron chi connectivity index (χ2n) is 5.67. The summed E-state index contributed by atoms with van der Waals surface area (Å²) >= 11 is 6.53. The van der Waals surface area contributed by atoms with Crippen molar-refractivity contribution in [3.8, 4) is 0 Å². The van der Waals surface area contributed by atoms with Crippen molar-refractivity contribution in [3.05, 3.63) is 52.7 Å². The molecule has 2 aromatic rings. The number of fused-ring (bicyclic) bond motifs is 1. The molecule has 5 heteroatoms. The Balaban J connectivity index is 2.03. The lowest BCUT2D eigenvalue weighted by molar-refractivity contribution is 0.889. The van der Waals surface area contributed by atoms with E-state index in [-0.39, 0.29) is 0 Å². The van der Waals surface area contributed by atoms with E-state index in [9.17, 15) is 0 Å². The Bertz CT molecular complexity index is 723. The smallest absolute Gasteiger partial charge is 0.140 e. The van der Waals surface area contributed by atoms with Crippen LogP contribution in [0.4, 0.5) is 5.82 Å². The number of halogens is 1. The van der Waals surface area contributed by atoms with Gasteiger partial charge in [0, 0.05) is 39.3 Å². The molecule has 0 radical (unpaired) electrons. The molecular formula is C17H19ClN4. The maximum atomic E-state index is 6.53. The first-order valence-corrected chi connectivity index (χ1v) is 7.81. The first kappa shape index (κ1) is 15.0. The van der Waals surface area contributed by atoms with Gasteiger partial charge in [-0.15, -0.1) is 0 Å². The number of pyridine rings is 1. The van der Waals surface area contributed by atoms with Crippen LogP contribution in [0.3, 0.4) is 0 Å². The van der Waals surface area contributed by atoms with Crippen molar-refractivity contribution in [3.63, 3.8) is 0 Å². The molecule has 0 amide bonds. The zero-order valence-corrected chi connectivity index (χ0v) is 13.9. The molecule has 1 aliphatic rings. The molecular weight excluding hydrogens is 296 g/mol. The van der Waals surface area contributed by atoms with Gasteiger partial charge in [0.2, 0.25) is 0 Å². The second kappa shape index (κ2) is 6.05. The molecule has 1 aliphatic carbocycles. The normalized spacial score (nSPS) is 13.5. The zero-order valence-electron chi connectivity index (χ0n) is 13.1. The van der Waals surface area contributed by atoms with Gasteiger partial charge in [-0.2, -0.15) is 0 Å². The molecule has 0 unspecified atom stereocenters. The van der Waals surface area contributed by atoms with Crippen LogP contribution in [0.5, 0.6) is 0 Å². The van der Waals surface area contributed by atoms with Gasteiger partial charge in [-0.3, -0.25) is 4.98 Å². The topological polar surface area (TPSA) is 41.9 Å². The molecule has 0 aliphatic heterocycles. The summed E-state index contributed by atoms with van der Waals surface area (Å²) in [4.78, 5) is 15.6. The Morgan fingerprint density at radius 3 is 2.73 bits per heavy atom. The molecule has 3 rings (SSSR count). The fourth-order valence-corrected chi connectivity index (χ4v) is 3.12. The molecule has 0 spiro atoms. The van der Waals surface area contributed by atoms with Crippen molar-refractivity contribution in [2.45, 2.75) is 26.2 Å². The molecule has 4 nitrogen and oxygen atoms in total. The molecule has 2 aromatic heterocycles. The van der Waals surface area contributed by atoms with Crippen LogP contribution in [0.2, 0.25) is 0 Å². The summed E-state index contributed by atoms with van der Waals surface area (Å²) in [7, 11) is 3.98. The Kier molecular flexibility index (Phi) is 4.12. The molecule has 0 saturated carbocycles. The molecule has 0 saturated heterocycles. The quantitative estimate of drug-likeness (QED) is 0.867. The van der Waals surface area contributed by atoms with Crippen LogP contribution >= 0.6 is 11.6 Å². The minimum atomic E-state index is 0.682. The van der Waals surface area contributed by atoms with Crippen molar-refractivity contribution in [1.82, 2.24) is 15.0 Å². The van der Waals surface area contributed by atoms with Gasteiger partial charge in [0.15, 0.2) is 0 Å². The Hall–Kier alpha value is -1.94. The van der Waals surface area contributed by atoms with Crippen LogP contribution < -0.4 is 4.90 Å². The molecule has 0 aromatic carbocycles. The van der Waals surface area contributed by atoms with Crippen LogP contribution in [0.25, 0.3) is 5.03 Å². The third-order valence-corrected chi connectivity index (χ3v) is 4.31. The zero-order chi connectivity index (χ0) is 15.7. The second-order valence-corrected chi connectivity index (χ2v) is 6.04. The SMILES string of the molecule is CCC1=C(Cl)c2c(nc(Cc3cccnc3)nc2N(C)C)C1. The summed E-state index contributed by atoms with van der Waals surface area (Å²) in [6.07, 6.45) is 6.08. The number of hydrogen-bond acceptors (Lipinski definition) is 4. The van der Waals surface area contributed by atoms with Gasteiger partial charge in [-0.05, 0) is 23.6 Å². The standard InChI is InChI=1S/C17H19ClN4/c1-4-12-9-13-15(16(12)18)17(22(2)3)21-14(20-13)8-11-6-5-7-19-10-11/h5-7,10H,4,8-9H2,1-3H3. The van der Waals surface area contributed by atoms with Crippen molar-refractivity contribution in [2.24, 2.45) is 0 Å². The number of nitrogens with zero attached hydrogens (tertiary/aromatic N) is 4. The van der Waals surface area contributed by atoms with E-state index in [1.54, 1.807) is 6.20 Å². The summed E-state index contributed by atoms with van der Waals surface area (Å²) in [5.74, 6) is 1.72. The first-order chi connectivity index (χ1) is 10.6. The van der Waals surface area contributed by atoms with E-state index >= 15 is 0 Å². The van der Waals surface area contributed by atoms with E-state index < -0.39 is 0 Å². The van der Waals surface area contributed by atoms with Crippen molar-refractivity contribution >= 4 is 22.5 Å². The van der Waals surface area contributed by atoms with Gasteiger partial charge in [0.05, 0.1) is 16.3 Å². The van der Waals surface area contributed by atoms with Crippen LogP contribution in [-0.2, 0) is 12.8 Å². The van der Waals surface area contributed by atoms with Crippen molar-refractivity contribution in [2.75, 3.05) is 19.0 Å². The molecule has 22 heavy (non-hydrogen) atoms. The van der Waals surface area contributed by atoms with E-state index in [1.807, 2.05) is 37.3 Å². The van der Waals surface area contributed by atoms with Gasteiger partial charge in [0.25, 0.3) is 0 Å². The molecule has 0 fully saturated rings. The van der Waals surface area contributed by atoms with Gasteiger partial charge >= 0.3 is 0 Å². The average molecular weight is 315 g/mol. The average Bonchev–Trinajstić information content (AvgIpc) is 2.83. The summed E-state index contributed by atoms with van der Waals surface area (Å²) in [5, 5.41) is 0.828. The molecule has 0 N–H and O–H groups in total. The van der Waals surface area contributed by atoms with Gasteiger partial charge in [-0.25, -0.2) is 9.97 Å². The molecule has 0 bridgehead atoms. The third-order valence-electron chi connectivity index (χ3n) is 3.86. The predicted molar refractivity (Wildman–Crippen MR) is 90.2 cm³/mol. The predicted octanol–water partition coefficient (Wildman–Crippen LogP) is 3.44. The van der Waals surface area contributed by atoms with Crippen LogP contribution in [0.15, 0.2) is 30.1 Å². The van der Waals surface area contributed by atoms with E-state index in [2.05, 4.69) is 11.9 Å². The van der Waals surface area contributed by atoms with Crippen LogP contribution in [0, 0.1) is 0 Å². The number of allylic oxidation sites excluding steroid dienone is 1. The van der Waals surface area contributed by atoms with Gasteiger partial charge < -0.3 is 4.90 Å². The summed E-state index contributed by atoms with van der Waals surface area (Å²) in [5.41, 5.74) is 4.39. The van der Waals surface area contributed by atoms with Crippen LogP contribution in [-0.4, -0.2) is 29.0 Å². The third kappa shape index (κ3) is 2.71. The van der Waals surface area contributed by atoms with Crippen LogP contribution in [0.1, 0.15) is 36.0 Å². The minimum absolute atomic E-state index is 0.682. The number of aromatic nitrogens is 3. The number of rotatable bonds is 4. The van der Waals surface area contributed by atoms with Gasteiger partial charge in [-0.1, -0.05) is 24.6 Å². The maximum Gasteiger partial charge on any atom is 0.140 e. The van der Waals surface area contributed by atoms with E-state index in [4.69, 9.17) is 21.6 Å². The summed E-state index contributed by atoms with van der Waals surface area (Å²) in [6, 6.07) is 3.98. The van der Waals surface area contributed by atoms with Crippen molar-refractivity contribution < 1.29 is 0 Å². The highest BCUT2D eigenvalue weighted by Gasteiger charge is 2.26. The number of hydrogen-bond donors (Lipinski definition) is 0. The fourth-order valence-electron chi connectivity index (χ4n) is 2.72. The summed E-state index contributed by atoms with van der Waals surface area (Å²) < 4.78 is 0. The highest BCUT2D eigenvalue weighted by Crippen LogP contribution is 2.40. The minimum Gasteiger partial charge on any atom is -0.362 e. The van der Waals surface area contributed by atoms with E-state index in [0.717, 1.165) is 46.3 Å². The lowest BCUT2D eigenvalue weighted by atomic mass is 10.1.